The summed E-state index contributed by atoms with van der Waals surface area (Å²) < 4.78 is 23.6. The van der Waals surface area contributed by atoms with Crippen molar-refractivity contribution in [1.29, 1.82) is 0 Å². The van der Waals surface area contributed by atoms with E-state index in [2.05, 4.69) is 5.32 Å². The van der Waals surface area contributed by atoms with Gasteiger partial charge in [-0.2, -0.15) is 0 Å². The van der Waals surface area contributed by atoms with Crippen LogP contribution in [0, 0.1) is 5.82 Å². The molecule has 1 saturated heterocycles. The Bertz CT molecular complexity index is 480. The van der Waals surface area contributed by atoms with Crippen LogP contribution in [0.1, 0.15) is 26.3 Å². The van der Waals surface area contributed by atoms with Crippen molar-refractivity contribution in [2.75, 3.05) is 6.61 Å². The first-order valence-electron chi connectivity index (χ1n) is 6.69. The molecular formula is C15H20FNO3. The van der Waals surface area contributed by atoms with Crippen LogP contribution in [0.5, 0.6) is 0 Å². The fourth-order valence-electron chi connectivity index (χ4n) is 1.94. The van der Waals surface area contributed by atoms with Crippen LogP contribution in [0.4, 0.5) is 9.18 Å². The summed E-state index contributed by atoms with van der Waals surface area (Å²) in [7, 11) is 0. The Kier molecular flexibility index (Phi) is 4.28. The maximum atomic E-state index is 13.2. The van der Waals surface area contributed by atoms with Gasteiger partial charge in [0, 0.05) is 0 Å². The van der Waals surface area contributed by atoms with Crippen molar-refractivity contribution in [3.63, 3.8) is 0 Å². The molecule has 20 heavy (non-hydrogen) atoms. The van der Waals surface area contributed by atoms with Gasteiger partial charge >= 0.3 is 6.09 Å². The number of carbonyl (C=O) groups excluding carboxylic acids is 1. The summed E-state index contributed by atoms with van der Waals surface area (Å²) in [6.07, 6.45) is 0.0157. The molecule has 1 amide bonds. The average Bonchev–Trinajstić information content (AvgIpc) is 3.09. The van der Waals surface area contributed by atoms with Crippen molar-refractivity contribution in [3.05, 3.63) is 35.6 Å². The first-order chi connectivity index (χ1) is 9.33. The lowest BCUT2D eigenvalue weighted by molar-refractivity contribution is 0.0495. The molecule has 1 fully saturated rings. The van der Waals surface area contributed by atoms with E-state index in [1.54, 1.807) is 6.07 Å². The van der Waals surface area contributed by atoms with Crippen LogP contribution in [0.3, 0.4) is 0 Å². The number of ether oxygens (including phenoxy) is 2. The number of hydrogen-bond acceptors (Lipinski definition) is 3. The molecule has 0 radical (unpaired) electrons. The molecule has 0 aliphatic carbocycles. The van der Waals surface area contributed by atoms with Crippen molar-refractivity contribution in [3.8, 4) is 0 Å². The third-order valence-electron chi connectivity index (χ3n) is 2.85. The quantitative estimate of drug-likeness (QED) is 0.863. The van der Waals surface area contributed by atoms with Gasteiger partial charge in [0.15, 0.2) is 0 Å². The number of epoxide rings is 1. The first kappa shape index (κ1) is 14.8. The number of amides is 1. The van der Waals surface area contributed by atoms with Gasteiger partial charge in [-0.05, 0) is 44.9 Å². The van der Waals surface area contributed by atoms with Gasteiger partial charge in [0.05, 0.1) is 12.6 Å². The Morgan fingerprint density at radius 1 is 1.55 bits per heavy atom. The standard InChI is InChI=1S/C15H20FNO3/c1-15(2,3)20-14(18)17-12(13-9-19-13)8-10-5-4-6-11(16)7-10/h4-7,12-13H,8-9H2,1-3H3,(H,17,18)/t12?,13-/m1/s1. The molecule has 1 N–H and O–H groups in total. The summed E-state index contributed by atoms with van der Waals surface area (Å²) in [5.41, 5.74) is 0.277. The topological polar surface area (TPSA) is 50.9 Å². The lowest BCUT2D eigenvalue weighted by atomic mass is 10.0. The summed E-state index contributed by atoms with van der Waals surface area (Å²) in [6, 6.07) is 6.14. The number of hydrogen-bond donors (Lipinski definition) is 1. The summed E-state index contributed by atoms with van der Waals surface area (Å²) >= 11 is 0. The largest absolute Gasteiger partial charge is 0.444 e. The molecule has 1 unspecified atom stereocenters. The van der Waals surface area contributed by atoms with Crippen molar-refractivity contribution < 1.29 is 18.7 Å². The Hall–Kier alpha value is -1.62. The van der Waals surface area contributed by atoms with Gasteiger partial charge in [-0.25, -0.2) is 9.18 Å². The third-order valence-corrected chi connectivity index (χ3v) is 2.85. The molecule has 0 bridgehead atoms. The Morgan fingerprint density at radius 3 is 2.80 bits per heavy atom. The van der Waals surface area contributed by atoms with Crippen LogP contribution in [0.25, 0.3) is 0 Å². The zero-order chi connectivity index (χ0) is 14.8. The van der Waals surface area contributed by atoms with Crippen LogP contribution >= 0.6 is 0 Å². The second-order valence-corrected chi connectivity index (χ2v) is 5.96. The Labute approximate surface area is 118 Å². The number of alkyl carbamates (subject to hydrolysis) is 1. The van der Waals surface area contributed by atoms with E-state index in [4.69, 9.17) is 9.47 Å². The van der Waals surface area contributed by atoms with Crippen LogP contribution in [0.2, 0.25) is 0 Å². The lowest BCUT2D eigenvalue weighted by Gasteiger charge is -2.23. The summed E-state index contributed by atoms with van der Waals surface area (Å²) in [5, 5.41) is 2.79. The highest BCUT2D eigenvalue weighted by Crippen LogP contribution is 2.19. The van der Waals surface area contributed by atoms with E-state index in [1.807, 2.05) is 26.8 Å². The number of halogens is 1. The van der Waals surface area contributed by atoms with Crippen LogP contribution in [-0.2, 0) is 15.9 Å². The van der Waals surface area contributed by atoms with Crippen LogP contribution in [0.15, 0.2) is 24.3 Å². The van der Waals surface area contributed by atoms with Gasteiger partial charge < -0.3 is 14.8 Å². The molecule has 1 aliphatic rings. The maximum Gasteiger partial charge on any atom is 0.407 e. The van der Waals surface area contributed by atoms with Gasteiger partial charge in [0.2, 0.25) is 0 Å². The molecule has 5 heteroatoms. The molecule has 0 spiro atoms. The molecule has 1 aromatic carbocycles. The van der Waals surface area contributed by atoms with Gasteiger partial charge in [0.1, 0.15) is 17.5 Å². The van der Waals surface area contributed by atoms with E-state index in [-0.39, 0.29) is 18.0 Å². The fraction of sp³-hybridized carbons (Fsp3) is 0.533. The maximum absolute atomic E-state index is 13.2. The highest BCUT2D eigenvalue weighted by Gasteiger charge is 2.34. The second-order valence-electron chi connectivity index (χ2n) is 5.96. The molecular weight excluding hydrogens is 261 g/mol. The summed E-state index contributed by atoms with van der Waals surface area (Å²) in [6.45, 7) is 6.03. The van der Waals surface area contributed by atoms with Crippen molar-refractivity contribution in [1.82, 2.24) is 5.32 Å². The van der Waals surface area contributed by atoms with Gasteiger partial charge in [-0.1, -0.05) is 12.1 Å². The van der Waals surface area contributed by atoms with Gasteiger partial charge in [-0.15, -0.1) is 0 Å². The summed E-state index contributed by atoms with van der Waals surface area (Å²) in [4.78, 5) is 11.8. The van der Waals surface area contributed by atoms with Crippen molar-refractivity contribution >= 4 is 6.09 Å². The van der Waals surface area contributed by atoms with E-state index in [1.165, 1.54) is 12.1 Å². The molecule has 1 aromatic rings. The third kappa shape index (κ3) is 4.81. The molecule has 2 atom stereocenters. The second kappa shape index (κ2) is 5.79. The SMILES string of the molecule is CC(C)(C)OC(=O)NC(Cc1cccc(F)c1)[C@H]1CO1. The van der Waals surface area contributed by atoms with Crippen molar-refractivity contribution in [2.45, 2.75) is 44.9 Å². The van der Waals surface area contributed by atoms with E-state index in [9.17, 15) is 9.18 Å². The lowest BCUT2D eigenvalue weighted by Crippen LogP contribution is -2.43. The highest BCUT2D eigenvalue weighted by molar-refractivity contribution is 5.68. The summed E-state index contributed by atoms with van der Waals surface area (Å²) in [5.74, 6) is -0.282. The molecule has 0 aromatic heterocycles. The van der Waals surface area contributed by atoms with E-state index in [0.717, 1.165) is 5.56 Å². The number of rotatable bonds is 4. The van der Waals surface area contributed by atoms with E-state index < -0.39 is 11.7 Å². The predicted molar refractivity (Wildman–Crippen MR) is 73.0 cm³/mol. The Balaban J connectivity index is 1.96. The monoisotopic (exact) mass is 281 g/mol. The molecule has 2 rings (SSSR count). The minimum atomic E-state index is -0.544. The minimum absolute atomic E-state index is 0.0224. The highest BCUT2D eigenvalue weighted by atomic mass is 19.1. The smallest absolute Gasteiger partial charge is 0.407 e. The number of carbonyl (C=O) groups is 1. The predicted octanol–water partition coefficient (Wildman–Crippen LogP) is 2.66. The van der Waals surface area contributed by atoms with Crippen LogP contribution < -0.4 is 5.32 Å². The fourth-order valence-corrected chi connectivity index (χ4v) is 1.94. The van der Waals surface area contributed by atoms with Crippen molar-refractivity contribution in [2.24, 2.45) is 0 Å². The molecule has 4 nitrogen and oxygen atoms in total. The zero-order valence-electron chi connectivity index (χ0n) is 12.0. The molecule has 110 valence electrons. The number of benzene rings is 1. The van der Waals surface area contributed by atoms with Gasteiger partial charge in [0.25, 0.3) is 0 Å². The van der Waals surface area contributed by atoms with E-state index >= 15 is 0 Å². The first-order valence-corrected chi connectivity index (χ1v) is 6.69. The minimum Gasteiger partial charge on any atom is -0.444 e. The Morgan fingerprint density at radius 2 is 2.25 bits per heavy atom. The zero-order valence-corrected chi connectivity index (χ0v) is 12.0. The van der Waals surface area contributed by atoms with E-state index in [0.29, 0.717) is 13.0 Å². The molecule has 0 saturated carbocycles. The average molecular weight is 281 g/mol. The molecule has 1 heterocycles. The molecule has 1 aliphatic heterocycles. The normalized spacial score (nSPS) is 19.3. The van der Waals surface area contributed by atoms with Crippen LogP contribution in [-0.4, -0.2) is 30.4 Å². The number of nitrogens with one attached hydrogen (secondary N) is 1. The van der Waals surface area contributed by atoms with Gasteiger partial charge in [-0.3, -0.25) is 0 Å².